The molecular formula is C19H16FN5O. The Kier molecular flexibility index (Phi) is 3.96. The van der Waals surface area contributed by atoms with Crippen molar-refractivity contribution < 1.29 is 9.13 Å². The summed E-state index contributed by atoms with van der Waals surface area (Å²) in [5.41, 5.74) is 3.07. The normalized spacial score (nSPS) is 11.5. The van der Waals surface area contributed by atoms with E-state index >= 15 is 0 Å². The highest BCUT2D eigenvalue weighted by Gasteiger charge is 2.17. The molecule has 4 aromatic rings. The van der Waals surface area contributed by atoms with E-state index in [9.17, 15) is 4.39 Å². The van der Waals surface area contributed by atoms with E-state index in [0.29, 0.717) is 23.1 Å². The Morgan fingerprint density at radius 2 is 1.96 bits per heavy atom. The van der Waals surface area contributed by atoms with E-state index in [4.69, 9.17) is 4.74 Å². The first kappa shape index (κ1) is 16.0. The minimum atomic E-state index is -0.278. The van der Waals surface area contributed by atoms with Gasteiger partial charge in [0.05, 0.1) is 29.3 Å². The predicted molar refractivity (Wildman–Crippen MR) is 98.1 cm³/mol. The molecule has 130 valence electrons. The van der Waals surface area contributed by atoms with Gasteiger partial charge in [0.25, 0.3) is 0 Å². The molecule has 6 nitrogen and oxygen atoms in total. The maximum absolute atomic E-state index is 13.4. The number of nitrogens with one attached hydrogen (secondary N) is 2. The quantitative estimate of drug-likeness (QED) is 0.584. The van der Waals surface area contributed by atoms with Gasteiger partial charge in [-0.1, -0.05) is 18.2 Å². The number of benzene rings is 2. The Morgan fingerprint density at radius 1 is 1.08 bits per heavy atom. The van der Waals surface area contributed by atoms with Crippen molar-refractivity contribution in [3.8, 4) is 17.1 Å². The van der Waals surface area contributed by atoms with Crippen LogP contribution in [0.5, 0.6) is 5.75 Å². The summed E-state index contributed by atoms with van der Waals surface area (Å²) in [6.07, 6.45) is 3.63. The number of hydrogen-bond acceptors (Lipinski definition) is 4. The summed E-state index contributed by atoms with van der Waals surface area (Å²) in [4.78, 5) is 4.38. The maximum atomic E-state index is 13.4. The molecule has 2 N–H and O–H groups in total. The second-order valence-electron chi connectivity index (χ2n) is 5.80. The van der Waals surface area contributed by atoms with Crippen LogP contribution in [0.25, 0.3) is 34.4 Å². The van der Waals surface area contributed by atoms with Crippen LogP contribution in [-0.4, -0.2) is 32.5 Å². The van der Waals surface area contributed by atoms with Crippen molar-refractivity contribution >= 4 is 23.1 Å². The second-order valence-corrected chi connectivity index (χ2v) is 5.80. The summed E-state index contributed by atoms with van der Waals surface area (Å²) in [6, 6.07) is 10.2. The number of rotatable bonds is 4. The summed E-state index contributed by atoms with van der Waals surface area (Å²) in [5, 5.41) is 15.2. The maximum Gasteiger partial charge on any atom is 0.159 e. The number of halogens is 1. The Labute approximate surface area is 148 Å². The molecule has 0 saturated carbocycles. The zero-order valence-corrected chi connectivity index (χ0v) is 14.2. The smallest absolute Gasteiger partial charge is 0.159 e. The fraction of sp³-hybridized carbons (Fsp3) is 0.105. The van der Waals surface area contributed by atoms with Crippen molar-refractivity contribution in [2.24, 2.45) is 0 Å². The largest absolute Gasteiger partial charge is 0.495 e. The van der Waals surface area contributed by atoms with Crippen LogP contribution in [-0.2, 0) is 0 Å². The number of aromatic nitrogens is 5. The van der Waals surface area contributed by atoms with Crippen LogP contribution in [0.2, 0.25) is 0 Å². The third-order valence-corrected chi connectivity index (χ3v) is 4.05. The number of nitrogens with zero attached hydrogens (tertiary/aromatic N) is 3. The van der Waals surface area contributed by atoms with E-state index in [1.54, 1.807) is 13.2 Å². The molecule has 0 aliphatic carbocycles. The molecule has 2 heterocycles. The molecular weight excluding hydrogens is 333 g/mol. The summed E-state index contributed by atoms with van der Waals surface area (Å²) >= 11 is 0. The van der Waals surface area contributed by atoms with Crippen LogP contribution >= 0.6 is 0 Å². The van der Waals surface area contributed by atoms with Gasteiger partial charge in [-0.3, -0.25) is 10.2 Å². The molecule has 4 rings (SSSR count). The topological polar surface area (TPSA) is 79.5 Å². The van der Waals surface area contributed by atoms with Gasteiger partial charge >= 0.3 is 0 Å². The molecule has 0 saturated heterocycles. The number of fused-ring (bicyclic) bond motifs is 1. The number of aromatic amines is 2. The zero-order valence-electron chi connectivity index (χ0n) is 14.2. The number of ether oxygens (including phenoxy) is 1. The molecule has 0 amide bonds. The third kappa shape index (κ3) is 2.83. The molecule has 2 aromatic heterocycles. The van der Waals surface area contributed by atoms with Gasteiger partial charge < -0.3 is 4.74 Å². The lowest BCUT2D eigenvalue weighted by atomic mass is 10.1. The minimum absolute atomic E-state index is 0.278. The molecule has 7 heteroatoms. The van der Waals surface area contributed by atoms with E-state index < -0.39 is 0 Å². The van der Waals surface area contributed by atoms with Crippen molar-refractivity contribution in [2.45, 2.75) is 6.92 Å². The monoisotopic (exact) mass is 349 g/mol. The predicted octanol–water partition coefficient (Wildman–Crippen LogP) is 3.97. The van der Waals surface area contributed by atoms with E-state index in [-0.39, 0.29) is 5.82 Å². The van der Waals surface area contributed by atoms with Crippen LogP contribution in [0.15, 0.2) is 36.4 Å². The van der Waals surface area contributed by atoms with E-state index in [2.05, 4.69) is 25.4 Å². The fourth-order valence-electron chi connectivity index (χ4n) is 2.88. The summed E-state index contributed by atoms with van der Waals surface area (Å²) in [5.74, 6) is 1.65. The van der Waals surface area contributed by atoms with Crippen LogP contribution in [0.1, 0.15) is 17.1 Å². The average molecular weight is 349 g/mol. The van der Waals surface area contributed by atoms with E-state index in [1.165, 1.54) is 12.1 Å². The number of methoxy groups -OCH3 is 1. The number of hydrogen-bond donors (Lipinski definition) is 2. The van der Waals surface area contributed by atoms with Gasteiger partial charge in [-0.15, -0.1) is 0 Å². The molecule has 26 heavy (non-hydrogen) atoms. The van der Waals surface area contributed by atoms with Crippen molar-refractivity contribution in [2.75, 3.05) is 7.11 Å². The first-order valence-electron chi connectivity index (χ1n) is 8.04. The van der Waals surface area contributed by atoms with Crippen molar-refractivity contribution in [1.29, 1.82) is 0 Å². The zero-order chi connectivity index (χ0) is 18.1. The number of aryl methyl sites for hydroxylation is 1. The molecule has 0 radical (unpaired) electrons. The highest BCUT2D eigenvalue weighted by molar-refractivity contribution is 5.98. The van der Waals surface area contributed by atoms with Crippen LogP contribution in [0.4, 0.5) is 4.39 Å². The van der Waals surface area contributed by atoms with Gasteiger partial charge in [-0.25, -0.2) is 9.37 Å². The summed E-state index contributed by atoms with van der Waals surface area (Å²) < 4.78 is 19.0. The lowest BCUT2D eigenvalue weighted by Gasteiger charge is -2.07. The highest BCUT2D eigenvalue weighted by atomic mass is 19.1. The Hall–Kier alpha value is -3.48. The van der Waals surface area contributed by atoms with E-state index in [0.717, 1.165) is 22.0 Å². The van der Waals surface area contributed by atoms with Crippen molar-refractivity contribution in [3.05, 3.63) is 59.3 Å². The van der Waals surface area contributed by atoms with Crippen LogP contribution < -0.4 is 4.74 Å². The van der Waals surface area contributed by atoms with Gasteiger partial charge in [0, 0.05) is 0 Å². The third-order valence-electron chi connectivity index (χ3n) is 4.05. The van der Waals surface area contributed by atoms with Crippen LogP contribution in [0, 0.1) is 12.7 Å². The lowest BCUT2D eigenvalue weighted by molar-refractivity contribution is 0.421. The second kappa shape index (κ2) is 6.44. The molecule has 2 aromatic carbocycles. The average Bonchev–Trinajstić information content (AvgIpc) is 3.25. The summed E-state index contributed by atoms with van der Waals surface area (Å²) in [7, 11) is 1.61. The van der Waals surface area contributed by atoms with Gasteiger partial charge in [0.1, 0.15) is 17.4 Å². The van der Waals surface area contributed by atoms with Gasteiger partial charge in [-0.05, 0) is 42.8 Å². The van der Waals surface area contributed by atoms with Crippen LogP contribution in [0.3, 0.4) is 0 Å². The first-order valence-corrected chi connectivity index (χ1v) is 8.04. The van der Waals surface area contributed by atoms with Gasteiger partial charge in [0.15, 0.2) is 5.82 Å². The highest BCUT2D eigenvalue weighted by Crippen LogP contribution is 2.36. The molecule has 0 aliphatic heterocycles. The van der Waals surface area contributed by atoms with Crippen molar-refractivity contribution in [3.63, 3.8) is 0 Å². The molecule has 0 bridgehead atoms. The first-order chi connectivity index (χ1) is 12.7. The fourth-order valence-corrected chi connectivity index (χ4v) is 2.88. The molecule has 0 fully saturated rings. The lowest BCUT2D eigenvalue weighted by Crippen LogP contribution is -1.91. The minimum Gasteiger partial charge on any atom is -0.495 e. The molecule has 0 atom stereocenters. The van der Waals surface area contributed by atoms with Crippen molar-refractivity contribution in [1.82, 2.24) is 25.4 Å². The summed E-state index contributed by atoms with van der Waals surface area (Å²) in [6.45, 7) is 1.82. The Morgan fingerprint density at radius 3 is 2.69 bits per heavy atom. The SMILES string of the molecule is COc1c(-c2nc(C)n[nH]2)ccc2[nH]nc(C=Cc3cccc(F)c3)c12. The standard InChI is InChI=1S/C19H16FN5O/c1-11-21-19(25-22-11)14-7-9-16-17(18(14)26-2)15(23-24-16)8-6-12-4-3-5-13(20)10-12/h3-10H,1-2H3,(H,23,24)(H,21,22,25). The van der Waals surface area contributed by atoms with Gasteiger partial charge in [-0.2, -0.15) is 10.2 Å². The number of H-pyrrole nitrogens is 2. The molecule has 0 spiro atoms. The van der Waals surface area contributed by atoms with E-state index in [1.807, 2.05) is 37.3 Å². The molecule has 0 aliphatic rings. The van der Waals surface area contributed by atoms with Gasteiger partial charge in [0.2, 0.25) is 0 Å². The molecule has 0 unspecified atom stereocenters. The Balaban J connectivity index is 1.83. The Bertz CT molecular complexity index is 1110.